The molecular weight excluding hydrogens is 477 g/mol. The number of nitrogens with one attached hydrogen (secondary N) is 1. The summed E-state index contributed by atoms with van der Waals surface area (Å²) in [6.45, 7) is 0. The van der Waals surface area contributed by atoms with Gasteiger partial charge in [-0.25, -0.2) is 4.99 Å². The zero-order valence-corrected chi connectivity index (χ0v) is 17.8. The number of amides is 2. The summed E-state index contributed by atoms with van der Waals surface area (Å²) >= 11 is 3.49. The van der Waals surface area contributed by atoms with E-state index in [2.05, 4.69) is 32.9 Å². The molecule has 2 aromatic rings. The monoisotopic (exact) mass is 495 g/mol. The van der Waals surface area contributed by atoms with Crippen molar-refractivity contribution >= 4 is 62.7 Å². The minimum absolute atomic E-state index is 0.133. The number of ether oxygens (including phenoxy) is 1. The highest BCUT2D eigenvalue weighted by atomic mass is 127. The van der Waals surface area contributed by atoms with Crippen molar-refractivity contribution < 1.29 is 14.3 Å². The molecule has 8 heteroatoms. The number of hydrogen-bond acceptors (Lipinski definition) is 5. The van der Waals surface area contributed by atoms with E-state index in [9.17, 15) is 9.59 Å². The van der Waals surface area contributed by atoms with Gasteiger partial charge in [0.05, 0.1) is 12.8 Å². The summed E-state index contributed by atoms with van der Waals surface area (Å²) in [5.74, 6) is 0.332. The highest BCUT2D eigenvalue weighted by Crippen LogP contribution is 2.30. The van der Waals surface area contributed by atoms with Crippen LogP contribution in [0.2, 0.25) is 0 Å². The van der Waals surface area contributed by atoms with Gasteiger partial charge in [-0.15, -0.1) is 0 Å². The zero-order valence-electron chi connectivity index (χ0n) is 14.8. The lowest BCUT2D eigenvalue weighted by Crippen LogP contribution is -2.43. The number of halogens is 1. The van der Waals surface area contributed by atoms with Crippen molar-refractivity contribution in [3.8, 4) is 5.75 Å². The summed E-state index contributed by atoms with van der Waals surface area (Å²) < 4.78 is 6.29. The second-order valence-corrected chi connectivity index (χ2v) is 8.27. The van der Waals surface area contributed by atoms with Crippen molar-refractivity contribution in [1.82, 2.24) is 4.90 Å². The fourth-order valence-electron chi connectivity index (χ4n) is 2.44. The van der Waals surface area contributed by atoms with Gasteiger partial charge < -0.3 is 10.1 Å². The van der Waals surface area contributed by atoms with Crippen LogP contribution in [0.15, 0.2) is 53.5 Å². The molecule has 1 heterocycles. The lowest BCUT2D eigenvalue weighted by molar-refractivity contribution is -0.128. The second-order valence-electron chi connectivity index (χ2n) is 5.86. The zero-order chi connectivity index (χ0) is 19.4. The van der Waals surface area contributed by atoms with Crippen molar-refractivity contribution in [1.29, 1.82) is 0 Å². The van der Waals surface area contributed by atoms with E-state index in [1.807, 2.05) is 42.5 Å². The number of carbonyl (C=O) groups excluding carboxylic acids is 2. The summed E-state index contributed by atoms with van der Waals surface area (Å²) in [4.78, 5) is 31.0. The minimum atomic E-state index is -0.530. The average Bonchev–Trinajstić information content (AvgIpc) is 2.67. The molecule has 0 spiro atoms. The molecule has 1 N–H and O–H groups in total. The van der Waals surface area contributed by atoms with Crippen molar-refractivity contribution in [3.63, 3.8) is 0 Å². The highest BCUT2D eigenvalue weighted by molar-refractivity contribution is 14.1. The van der Waals surface area contributed by atoms with Gasteiger partial charge in [0, 0.05) is 28.8 Å². The molecule has 2 aromatic carbocycles. The smallest absolute Gasteiger partial charge is 0.238 e. The molecule has 0 unspecified atom stereocenters. The summed E-state index contributed by atoms with van der Waals surface area (Å²) in [7, 11) is 3.25. The van der Waals surface area contributed by atoms with Gasteiger partial charge in [-0.2, -0.15) is 0 Å². The van der Waals surface area contributed by atoms with E-state index in [1.165, 1.54) is 16.7 Å². The molecule has 1 saturated heterocycles. The summed E-state index contributed by atoms with van der Waals surface area (Å²) in [6, 6.07) is 14.8. The Bertz CT molecular complexity index is 886. The Morgan fingerprint density at radius 2 is 2.04 bits per heavy atom. The highest BCUT2D eigenvalue weighted by Gasteiger charge is 2.34. The second kappa shape index (κ2) is 8.75. The molecule has 1 atom stereocenters. The lowest BCUT2D eigenvalue weighted by atomic mass is 10.2. The van der Waals surface area contributed by atoms with Crippen molar-refractivity contribution in [2.75, 3.05) is 19.5 Å². The third kappa shape index (κ3) is 5.01. The lowest BCUT2D eigenvalue weighted by Gasteiger charge is -2.28. The molecule has 1 aliphatic rings. The van der Waals surface area contributed by atoms with Crippen LogP contribution in [0, 0.1) is 3.57 Å². The van der Waals surface area contributed by atoms with Gasteiger partial charge >= 0.3 is 0 Å². The number of thioether (sulfide) groups is 1. The molecule has 0 aliphatic carbocycles. The predicted molar refractivity (Wildman–Crippen MR) is 117 cm³/mol. The third-order valence-electron chi connectivity index (χ3n) is 3.95. The maximum Gasteiger partial charge on any atom is 0.238 e. The van der Waals surface area contributed by atoms with Gasteiger partial charge in [-0.3, -0.25) is 14.5 Å². The Morgan fingerprint density at radius 1 is 1.30 bits per heavy atom. The molecule has 1 aliphatic heterocycles. The maximum absolute atomic E-state index is 12.6. The molecule has 0 saturated carbocycles. The third-order valence-corrected chi connectivity index (χ3v) is 5.91. The molecule has 2 amide bonds. The Morgan fingerprint density at radius 3 is 2.74 bits per heavy atom. The number of carbonyl (C=O) groups is 2. The van der Waals surface area contributed by atoms with E-state index in [0.29, 0.717) is 22.3 Å². The van der Waals surface area contributed by atoms with Crippen molar-refractivity contribution in [2.45, 2.75) is 11.7 Å². The van der Waals surface area contributed by atoms with Crippen LogP contribution in [0.1, 0.15) is 6.42 Å². The first-order valence-corrected chi connectivity index (χ1v) is 10.1. The average molecular weight is 495 g/mol. The largest absolute Gasteiger partial charge is 0.497 e. The van der Waals surface area contributed by atoms with Crippen LogP contribution in [0.25, 0.3) is 0 Å². The molecular formula is C19H18IN3O3S. The SMILES string of the molecule is COc1cccc(N=C2S[C@@H](C(=O)Nc3ccc(I)cc3)CC(=O)N2C)c1. The predicted octanol–water partition coefficient (Wildman–Crippen LogP) is 3.89. The van der Waals surface area contributed by atoms with E-state index in [4.69, 9.17) is 4.74 Å². The number of rotatable bonds is 4. The van der Waals surface area contributed by atoms with E-state index in [-0.39, 0.29) is 18.2 Å². The van der Waals surface area contributed by atoms with Crippen molar-refractivity contribution in [2.24, 2.45) is 4.99 Å². The van der Waals surface area contributed by atoms with Crippen LogP contribution >= 0.6 is 34.4 Å². The molecule has 27 heavy (non-hydrogen) atoms. The molecule has 1 fully saturated rings. The molecule has 0 aromatic heterocycles. The number of aliphatic imine (C=N–C) groups is 1. The molecule has 0 radical (unpaired) electrons. The van der Waals surface area contributed by atoms with Crippen LogP contribution in [0.4, 0.5) is 11.4 Å². The summed E-state index contributed by atoms with van der Waals surface area (Å²) in [6.07, 6.45) is 0.133. The Labute approximate surface area is 175 Å². The fourth-order valence-corrected chi connectivity index (χ4v) is 3.87. The molecule has 140 valence electrons. The first kappa shape index (κ1) is 19.7. The number of anilines is 1. The topological polar surface area (TPSA) is 71.0 Å². The number of hydrogen-bond donors (Lipinski definition) is 1. The van der Waals surface area contributed by atoms with Gasteiger partial charge in [0.25, 0.3) is 0 Å². The van der Waals surface area contributed by atoms with E-state index in [0.717, 1.165) is 3.57 Å². The minimum Gasteiger partial charge on any atom is -0.497 e. The van der Waals surface area contributed by atoms with Crippen LogP contribution in [-0.4, -0.2) is 41.3 Å². The number of benzene rings is 2. The van der Waals surface area contributed by atoms with Gasteiger partial charge in [-0.1, -0.05) is 17.8 Å². The Balaban J connectivity index is 1.77. The molecule has 3 rings (SSSR count). The number of methoxy groups -OCH3 is 1. The van der Waals surface area contributed by atoms with Crippen LogP contribution in [0.5, 0.6) is 5.75 Å². The quantitative estimate of drug-likeness (QED) is 0.654. The van der Waals surface area contributed by atoms with Gasteiger partial charge in [0.1, 0.15) is 11.0 Å². The summed E-state index contributed by atoms with van der Waals surface area (Å²) in [5.41, 5.74) is 1.37. The normalized spacial score (nSPS) is 18.5. The van der Waals surface area contributed by atoms with Gasteiger partial charge in [-0.05, 0) is 59.0 Å². The van der Waals surface area contributed by atoms with Crippen LogP contribution < -0.4 is 10.1 Å². The molecule has 0 bridgehead atoms. The Hall–Kier alpha value is -2.07. The van der Waals surface area contributed by atoms with E-state index >= 15 is 0 Å². The summed E-state index contributed by atoms with van der Waals surface area (Å²) in [5, 5.41) is 2.83. The van der Waals surface area contributed by atoms with Gasteiger partial charge in [0.15, 0.2) is 5.17 Å². The van der Waals surface area contributed by atoms with Gasteiger partial charge in [0.2, 0.25) is 11.8 Å². The standard InChI is InChI=1S/C19H18IN3O3S/c1-23-17(24)11-16(18(25)21-13-8-6-12(20)7-9-13)27-19(23)22-14-4-3-5-15(10-14)26-2/h3-10,16H,11H2,1-2H3,(H,21,25)/t16-/m1/s1. The van der Waals surface area contributed by atoms with E-state index < -0.39 is 5.25 Å². The first-order chi connectivity index (χ1) is 13.0. The number of amidine groups is 1. The molecule has 6 nitrogen and oxygen atoms in total. The maximum atomic E-state index is 12.6. The fraction of sp³-hybridized carbons (Fsp3) is 0.211. The number of nitrogens with zero attached hydrogens (tertiary/aromatic N) is 2. The Kier molecular flexibility index (Phi) is 6.38. The van der Waals surface area contributed by atoms with Crippen LogP contribution in [-0.2, 0) is 9.59 Å². The van der Waals surface area contributed by atoms with Crippen LogP contribution in [0.3, 0.4) is 0 Å². The first-order valence-electron chi connectivity index (χ1n) is 8.18. The van der Waals surface area contributed by atoms with Crippen molar-refractivity contribution in [3.05, 3.63) is 52.1 Å². The van der Waals surface area contributed by atoms with E-state index in [1.54, 1.807) is 20.2 Å².